The maximum atomic E-state index is 13.2. The van der Waals surface area contributed by atoms with Crippen molar-refractivity contribution >= 4 is 23.4 Å². The monoisotopic (exact) mass is 394 g/mol. The number of ether oxygens (including phenoxy) is 1. The molecule has 1 saturated heterocycles. The van der Waals surface area contributed by atoms with Crippen LogP contribution in [0.1, 0.15) is 10.4 Å². The number of amides is 3. The maximum absolute atomic E-state index is 13.2. The molecule has 3 amide bonds. The molecular weight excluding hydrogens is 372 g/mol. The molecule has 0 aromatic heterocycles. The summed E-state index contributed by atoms with van der Waals surface area (Å²) in [4.78, 5) is 41.0. The van der Waals surface area contributed by atoms with Gasteiger partial charge in [0, 0.05) is 13.1 Å². The fraction of sp³-hybridized carbons (Fsp3) is 0.286. The summed E-state index contributed by atoms with van der Waals surface area (Å²) in [6.45, 7) is 0.675. The van der Waals surface area contributed by atoms with E-state index in [-0.39, 0.29) is 37.4 Å². The maximum Gasteiger partial charge on any atom is 0.256 e. The number of anilines is 1. The Bertz CT molecular complexity index is 973. The highest BCUT2D eigenvalue weighted by molar-refractivity contribution is 6.10. The van der Waals surface area contributed by atoms with Gasteiger partial charge in [0.2, 0.25) is 11.8 Å². The van der Waals surface area contributed by atoms with Gasteiger partial charge in [0.1, 0.15) is 11.8 Å². The molecule has 2 aliphatic heterocycles. The van der Waals surface area contributed by atoms with E-state index >= 15 is 0 Å². The first kappa shape index (κ1) is 18.9. The van der Waals surface area contributed by atoms with E-state index in [4.69, 9.17) is 10.5 Å². The van der Waals surface area contributed by atoms with Gasteiger partial charge in [-0.05, 0) is 35.4 Å². The van der Waals surface area contributed by atoms with E-state index in [9.17, 15) is 14.4 Å². The Morgan fingerprint density at radius 3 is 2.55 bits per heavy atom. The molecule has 1 fully saturated rings. The predicted molar refractivity (Wildman–Crippen MR) is 108 cm³/mol. The van der Waals surface area contributed by atoms with E-state index in [1.807, 2.05) is 30.3 Å². The molecule has 0 radical (unpaired) electrons. The minimum atomic E-state index is -0.733. The van der Waals surface area contributed by atoms with Crippen molar-refractivity contribution in [2.75, 3.05) is 38.6 Å². The van der Waals surface area contributed by atoms with E-state index in [0.29, 0.717) is 17.8 Å². The lowest BCUT2D eigenvalue weighted by Crippen LogP contribution is -2.60. The second-order valence-corrected chi connectivity index (χ2v) is 7.04. The van der Waals surface area contributed by atoms with E-state index < -0.39 is 6.04 Å². The largest absolute Gasteiger partial charge is 0.497 e. The summed E-state index contributed by atoms with van der Waals surface area (Å²) >= 11 is 0. The highest BCUT2D eigenvalue weighted by Gasteiger charge is 2.40. The van der Waals surface area contributed by atoms with Crippen molar-refractivity contribution < 1.29 is 19.1 Å². The lowest BCUT2D eigenvalue weighted by Gasteiger charge is -2.39. The molecule has 2 aliphatic rings. The number of nitrogens with one attached hydrogen (secondary N) is 1. The zero-order valence-electron chi connectivity index (χ0n) is 16.1. The Morgan fingerprint density at radius 2 is 1.86 bits per heavy atom. The Hall–Kier alpha value is -3.39. The van der Waals surface area contributed by atoms with Gasteiger partial charge in [0.15, 0.2) is 0 Å². The van der Waals surface area contributed by atoms with Crippen molar-refractivity contribution in [1.82, 2.24) is 9.80 Å². The van der Waals surface area contributed by atoms with Crippen molar-refractivity contribution in [3.8, 4) is 16.9 Å². The van der Waals surface area contributed by atoms with Crippen LogP contribution in [0.4, 0.5) is 5.69 Å². The van der Waals surface area contributed by atoms with Gasteiger partial charge in [0.05, 0.1) is 31.5 Å². The third-order valence-corrected chi connectivity index (χ3v) is 5.40. The van der Waals surface area contributed by atoms with Crippen LogP contribution >= 0.6 is 0 Å². The fourth-order valence-corrected chi connectivity index (χ4v) is 3.77. The molecule has 0 unspecified atom stereocenters. The Kier molecular flexibility index (Phi) is 4.94. The van der Waals surface area contributed by atoms with E-state index in [1.54, 1.807) is 24.1 Å². The zero-order valence-corrected chi connectivity index (χ0v) is 16.1. The zero-order chi connectivity index (χ0) is 20.5. The number of nitrogens with two attached hydrogens (primary N) is 1. The molecule has 4 rings (SSSR count). The third-order valence-electron chi connectivity index (χ3n) is 5.40. The first-order valence-corrected chi connectivity index (χ1v) is 9.40. The number of nitrogens with zero attached hydrogens (tertiary/aromatic N) is 2. The Balaban J connectivity index is 1.66. The molecule has 150 valence electrons. The van der Waals surface area contributed by atoms with Gasteiger partial charge in [-0.15, -0.1) is 0 Å². The number of hydrogen-bond acceptors (Lipinski definition) is 5. The quantitative estimate of drug-likeness (QED) is 0.806. The number of piperazine rings is 1. The van der Waals surface area contributed by atoms with E-state index in [2.05, 4.69) is 5.32 Å². The molecule has 2 aromatic rings. The minimum Gasteiger partial charge on any atom is -0.497 e. The van der Waals surface area contributed by atoms with Gasteiger partial charge in [-0.3, -0.25) is 14.4 Å². The second-order valence-electron chi connectivity index (χ2n) is 7.04. The molecule has 0 bridgehead atoms. The Morgan fingerprint density at radius 1 is 1.14 bits per heavy atom. The number of benzene rings is 2. The molecule has 3 N–H and O–H groups in total. The van der Waals surface area contributed by atoms with Gasteiger partial charge in [-0.25, -0.2) is 0 Å². The van der Waals surface area contributed by atoms with Crippen LogP contribution in [0.2, 0.25) is 0 Å². The number of carbonyl (C=O) groups excluding carboxylic acids is 3. The summed E-state index contributed by atoms with van der Waals surface area (Å²) in [5.41, 5.74) is 8.16. The highest BCUT2D eigenvalue weighted by Crippen LogP contribution is 2.30. The van der Waals surface area contributed by atoms with E-state index in [0.717, 1.165) is 16.9 Å². The van der Waals surface area contributed by atoms with E-state index in [1.165, 1.54) is 4.90 Å². The van der Waals surface area contributed by atoms with Crippen LogP contribution < -0.4 is 15.8 Å². The summed E-state index contributed by atoms with van der Waals surface area (Å²) in [6, 6.07) is 12.2. The van der Waals surface area contributed by atoms with Crippen LogP contribution in [0.3, 0.4) is 0 Å². The molecule has 2 aromatic carbocycles. The molecule has 2 heterocycles. The average molecular weight is 394 g/mol. The highest BCUT2D eigenvalue weighted by atomic mass is 16.5. The summed E-state index contributed by atoms with van der Waals surface area (Å²) in [6.07, 6.45) is 0. The molecule has 8 heteroatoms. The summed E-state index contributed by atoms with van der Waals surface area (Å²) < 4.78 is 5.19. The predicted octanol–water partition coefficient (Wildman–Crippen LogP) is 0.926. The number of rotatable bonds is 3. The first-order valence-electron chi connectivity index (χ1n) is 9.40. The first-order chi connectivity index (χ1) is 14.0. The van der Waals surface area contributed by atoms with Crippen molar-refractivity contribution in [2.24, 2.45) is 5.73 Å². The van der Waals surface area contributed by atoms with Crippen LogP contribution in [-0.2, 0) is 9.59 Å². The van der Waals surface area contributed by atoms with Crippen molar-refractivity contribution in [3.05, 3.63) is 48.0 Å². The van der Waals surface area contributed by atoms with Gasteiger partial charge in [0.25, 0.3) is 5.91 Å². The molecule has 0 saturated carbocycles. The van der Waals surface area contributed by atoms with Crippen LogP contribution in [-0.4, -0.2) is 66.9 Å². The minimum absolute atomic E-state index is 0.117. The van der Waals surface area contributed by atoms with Crippen molar-refractivity contribution in [3.63, 3.8) is 0 Å². The smallest absolute Gasteiger partial charge is 0.256 e. The van der Waals surface area contributed by atoms with Gasteiger partial charge >= 0.3 is 0 Å². The third kappa shape index (κ3) is 3.42. The number of hydrogen-bond donors (Lipinski definition) is 2. The number of methoxy groups -OCH3 is 1. The molecule has 29 heavy (non-hydrogen) atoms. The lowest BCUT2D eigenvalue weighted by atomic mass is 10.0. The standard InChI is InChI=1S/C21H22N4O4/c1-29-15-5-2-13(3-6-15)14-4-7-17-16(10-14)21(28)25-9-8-24(19(26)11-22)12-18(25)20(27)23-17/h2-7,10,18H,8-9,11-12,22H2,1H3,(H,23,27)/t18-/m0/s1. The molecule has 1 atom stereocenters. The normalized spacial score (nSPS) is 18.5. The van der Waals surface area contributed by atoms with Gasteiger partial charge < -0.3 is 25.6 Å². The number of carbonyl (C=O) groups is 3. The summed E-state index contributed by atoms with van der Waals surface area (Å²) in [7, 11) is 1.61. The molecule has 0 spiro atoms. The van der Waals surface area contributed by atoms with Crippen LogP contribution in [0.15, 0.2) is 42.5 Å². The topological polar surface area (TPSA) is 105 Å². The van der Waals surface area contributed by atoms with Gasteiger partial charge in [-0.1, -0.05) is 18.2 Å². The number of fused-ring (bicyclic) bond motifs is 2. The summed E-state index contributed by atoms with van der Waals surface area (Å²) in [5.74, 6) is -0.00424. The molecule has 8 nitrogen and oxygen atoms in total. The van der Waals surface area contributed by atoms with Crippen molar-refractivity contribution in [2.45, 2.75) is 6.04 Å². The average Bonchev–Trinajstić information content (AvgIpc) is 2.87. The lowest BCUT2D eigenvalue weighted by molar-refractivity contribution is -0.134. The molecular formula is C21H22N4O4. The SMILES string of the molecule is COc1ccc(-c2ccc3c(c2)C(=O)N2CCN(C(=O)CN)C[C@H]2C(=O)N3)cc1. The van der Waals surface area contributed by atoms with Crippen LogP contribution in [0, 0.1) is 0 Å². The fourth-order valence-electron chi connectivity index (χ4n) is 3.77. The van der Waals surface area contributed by atoms with Gasteiger partial charge in [-0.2, -0.15) is 0 Å². The molecule has 0 aliphatic carbocycles. The van der Waals surface area contributed by atoms with Crippen LogP contribution in [0.5, 0.6) is 5.75 Å². The van der Waals surface area contributed by atoms with Crippen molar-refractivity contribution in [1.29, 1.82) is 0 Å². The summed E-state index contributed by atoms with van der Waals surface area (Å²) in [5, 5.41) is 2.84. The second kappa shape index (κ2) is 7.56. The Labute approximate surface area is 168 Å². The van der Waals surface area contributed by atoms with Crippen LogP contribution in [0.25, 0.3) is 11.1 Å².